The molecule has 1 N–H and O–H groups in total. The van der Waals surface area contributed by atoms with Crippen molar-refractivity contribution in [3.63, 3.8) is 0 Å². The first kappa shape index (κ1) is 18.1. The predicted molar refractivity (Wildman–Crippen MR) is 105 cm³/mol. The van der Waals surface area contributed by atoms with Gasteiger partial charge in [0.15, 0.2) is 0 Å². The van der Waals surface area contributed by atoms with Crippen LogP contribution in [0.3, 0.4) is 0 Å². The van der Waals surface area contributed by atoms with Crippen LogP contribution in [0.4, 0.5) is 0 Å². The zero-order valence-electron chi connectivity index (χ0n) is 17.1. The van der Waals surface area contributed by atoms with E-state index in [-0.39, 0.29) is 6.10 Å². The smallest absolute Gasteiger partial charge is 0.0543 e. The molecule has 1 heteroatoms. The molecule has 1 nitrogen and oxygen atoms in total. The Morgan fingerprint density at radius 1 is 0.960 bits per heavy atom. The Morgan fingerprint density at radius 2 is 1.68 bits per heavy atom. The van der Waals surface area contributed by atoms with Gasteiger partial charge in [-0.3, -0.25) is 0 Å². The average Bonchev–Trinajstić information content (AvgIpc) is 2.93. The summed E-state index contributed by atoms with van der Waals surface area (Å²) in [6, 6.07) is 0. The second-order valence-electron chi connectivity index (χ2n) is 10.6. The van der Waals surface area contributed by atoms with Crippen LogP contribution in [0.2, 0.25) is 0 Å². The topological polar surface area (TPSA) is 20.2 Å². The molecule has 0 aromatic rings. The summed E-state index contributed by atoms with van der Waals surface area (Å²) in [5, 5.41) is 10.2. The minimum absolute atomic E-state index is 0.0128. The van der Waals surface area contributed by atoms with Gasteiger partial charge < -0.3 is 5.11 Å². The van der Waals surface area contributed by atoms with Crippen molar-refractivity contribution in [1.82, 2.24) is 0 Å². The van der Waals surface area contributed by atoms with E-state index < -0.39 is 0 Å². The van der Waals surface area contributed by atoms with Crippen molar-refractivity contribution in [2.45, 2.75) is 98.0 Å². The number of rotatable bonds is 2. The highest BCUT2D eigenvalue weighted by Crippen LogP contribution is 2.68. The molecule has 8 atom stereocenters. The summed E-state index contributed by atoms with van der Waals surface area (Å²) in [6.45, 7) is 9.96. The molecule has 4 fully saturated rings. The summed E-state index contributed by atoms with van der Waals surface area (Å²) in [5.74, 6) is 4.50. The number of hydrogen-bond donors (Lipinski definition) is 1. The Labute approximate surface area is 155 Å². The monoisotopic (exact) mass is 344 g/mol. The molecule has 4 aliphatic carbocycles. The molecular formula is C24H40O. The van der Waals surface area contributed by atoms with Crippen molar-refractivity contribution in [1.29, 1.82) is 0 Å². The molecule has 0 bridgehead atoms. The normalized spacial score (nSPS) is 53.1. The van der Waals surface area contributed by atoms with Gasteiger partial charge in [0, 0.05) is 0 Å². The van der Waals surface area contributed by atoms with Crippen LogP contribution in [0.5, 0.6) is 0 Å². The number of allylic oxidation sites excluding steroid dienone is 2. The molecule has 0 amide bonds. The van der Waals surface area contributed by atoms with E-state index in [9.17, 15) is 5.11 Å². The van der Waals surface area contributed by atoms with Crippen LogP contribution in [0.1, 0.15) is 91.9 Å². The Bertz CT molecular complexity index is 536. The van der Waals surface area contributed by atoms with Gasteiger partial charge in [-0.1, -0.05) is 32.4 Å². The zero-order chi connectivity index (χ0) is 17.8. The lowest BCUT2D eigenvalue weighted by Gasteiger charge is -2.61. The third-order valence-corrected chi connectivity index (χ3v) is 9.71. The van der Waals surface area contributed by atoms with Gasteiger partial charge in [-0.05, 0) is 112 Å². The molecule has 4 rings (SSSR count). The van der Waals surface area contributed by atoms with E-state index in [0.717, 1.165) is 42.4 Å². The standard InChI is InChI=1S/C24H40O/c1-5-6-16(2)20-9-10-21-19-8-7-17-15-18(25)11-13-23(17,3)22(19)12-14-24(20,21)4/h6,17-22,25H,5,7-15H2,1-4H3/b16-6+/t17-,18-,19?,20+,21?,22?,23-,24+/m0/s1. The molecule has 3 unspecified atom stereocenters. The molecule has 25 heavy (non-hydrogen) atoms. The van der Waals surface area contributed by atoms with Crippen LogP contribution in [0.25, 0.3) is 0 Å². The number of aliphatic hydroxyl groups excluding tert-OH is 1. The molecule has 4 saturated carbocycles. The molecule has 0 saturated heterocycles. The third-order valence-electron chi connectivity index (χ3n) is 9.71. The number of aliphatic hydroxyl groups is 1. The van der Waals surface area contributed by atoms with Crippen molar-refractivity contribution in [3.05, 3.63) is 11.6 Å². The fourth-order valence-electron chi connectivity index (χ4n) is 8.45. The maximum atomic E-state index is 10.2. The summed E-state index contributed by atoms with van der Waals surface area (Å²) >= 11 is 0. The van der Waals surface area contributed by atoms with Gasteiger partial charge in [-0.25, -0.2) is 0 Å². The van der Waals surface area contributed by atoms with E-state index in [1.165, 1.54) is 51.4 Å². The van der Waals surface area contributed by atoms with E-state index in [1.54, 1.807) is 5.57 Å². The quantitative estimate of drug-likeness (QED) is 0.578. The van der Waals surface area contributed by atoms with E-state index >= 15 is 0 Å². The molecule has 0 spiro atoms. The summed E-state index contributed by atoms with van der Waals surface area (Å²) in [4.78, 5) is 0. The molecule has 4 aliphatic rings. The van der Waals surface area contributed by atoms with Gasteiger partial charge in [0.2, 0.25) is 0 Å². The highest BCUT2D eigenvalue weighted by atomic mass is 16.3. The van der Waals surface area contributed by atoms with E-state index in [2.05, 4.69) is 33.8 Å². The summed E-state index contributed by atoms with van der Waals surface area (Å²) in [5.41, 5.74) is 2.77. The van der Waals surface area contributed by atoms with Crippen molar-refractivity contribution in [3.8, 4) is 0 Å². The number of fused-ring (bicyclic) bond motifs is 5. The van der Waals surface area contributed by atoms with Crippen LogP contribution < -0.4 is 0 Å². The summed E-state index contributed by atoms with van der Waals surface area (Å²) < 4.78 is 0. The van der Waals surface area contributed by atoms with Crippen molar-refractivity contribution < 1.29 is 5.11 Å². The Kier molecular flexibility index (Phi) is 4.63. The SMILES string of the molecule is CC/C=C(\C)[C@H]1CCC2C3CC[C@H]4C[C@@H](O)CC[C@]4(C)C3CC[C@@]21C. The van der Waals surface area contributed by atoms with Gasteiger partial charge in [0.05, 0.1) is 6.10 Å². The third kappa shape index (κ3) is 2.67. The van der Waals surface area contributed by atoms with E-state index in [1.807, 2.05) is 0 Å². The minimum Gasteiger partial charge on any atom is -0.393 e. The molecule has 0 aliphatic heterocycles. The lowest BCUT2D eigenvalue weighted by molar-refractivity contribution is -0.124. The van der Waals surface area contributed by atoms with Gasteiger partial charge in [-0.15, -0.1) is 0 Å². The predicted octanol–water partition coefficient (Wildman–Crippen LogP) is 6.36. The Balaban J connectivity index is 1.59. The second-order valence-corrected chi connectivity index (χ2v) is 10.6. The zero-order valence-corrected chi connectivity index (χ0v) is 17.1. The van der Waals surface area contributed by atoms with Crippen LogP contribution in [-0.2, 0) is 0 Å². The van der Waals surface area contributed by atoms with Crippen LogP contribution in [0.15, 0.2) is 11.6 Å². The summed E-state index contributed by atoms with van der Waals surface area (Å²) in [7, 11) is 0. The highest BCUT2D eigenvalue weighted by Gasteiger charge is 2.60. The fourth-order valence-corrected chi connectivity index (χ4v) is 8.45. The molecule has 142 valence electrons. The lowest BCUT2D eigenvalue weighted by atomic mass is 9.44. The van der Waals surface area contributed by atoms with E-state index in [0.29, 0.717) is 10.8 Å². The lowest BCUT2D eigenvalue weighted by Crippen LogP contribution is -2.53. The second kappa shape index (κ2) is 6.39. The molecule has 0 aromatic carbocycles. The van der Waals surface area contributed by atoms with Crippen LogP contribution in [0, 0.1) is 40.4 Å². The Morgan fingerprint density at radius 3 is 2.44 bits per heavy atom. The minimum atomic E-state index is -0.0128. The first-order valence-corrected chi connectivity index (χ1v) is 11.2. The molecular weight excluding hydrogens is 304 g/mol. The first-order valence-electron chi connectivity index (χ1n) is 11.2. The van der Waals surface area contributed by atoms with Crippen molar-refractivity contribution >= 4 is 0 Å². The van der Waals surface area contributed by atoms with Gasteiger partial charge in [-0.2, -0.15) is 0 Å². The van der Waals surface area contributed by atoms with Crippen molar-refractivity contribution in [2.75, 3.05) is 0 Å². The van der Waals surface area contributed by atoms with Crippen molar-refractivity contribution in [2.24, 2.45) is 40.4 Å². The van der Waals surface area contributed by atoms with E-state index in [4.69, 9.17) is 0 Å². The number of hydrogen-bond acceptors (Lipinski definition) is 1. The molecule has 0 aromatic heterocycles. The van der Waals surface area contributed by atoms with Gasteiger partial charge >= 0.3 is 0 Å². The van der Waals surface area contributed by atoms with Crippen LogP contribution in [-0.4, -0.2) is 11.2 Å². The maximum absolute atomic E-state index is 10.2. The first-order chi connectivity index (χ1) is 11.9. The summed E-state index contributed by atoms with van der Waals surface area (Å²) in [6.07, 6.45) is 15.7. The van der Waals surface area contributed by atoms with Crippen LogP contribution >= 0.6 is 0 Å². The highest BCUT2D eigenvalue weighted by molar-refractivity contribution is 5.17. The van der Waals surface area contributed by atoms with Gasteiger partial charge in [0.1, 0.15) is 0 Å². The Hall–Kier alpha value is -0.300. The maximum Gasteiger partial charge on any atom is 0.0543 e. The average molecular weight is 345 g/mol. The van der Waals surface area contributed by atoms with Gasteiger partial charge in [0.25, 0.3) is 0 Å². The molecule has 0 heterocycles. The fraction of sp³-hybridized carbons (Fsp3) is 0.917. The molecule has 0 radical (unpaired) electrons. The largest absolute Gasteiger partial charge is 0.393 e.